The number of carbonyl (C=O) groups excluding carboxylic acids is 1. The van der Waals surface area contributed by atoms with Gasteiger partial charge in [0.1, 0.15) is 9.96 Å². The van der Waals surface area contributed by atoms with Crippen LogP contribution in [0.3, 0.4) is 0 Å². The van der Waals surface area contributed by atoms with E-state index < -0.39 is 15.9 Å². The molecule has 0 unspecified atom stereocenters. The van der Waals surface area contributed by atoms with Gasteiger partial charge in [0.15, 0.2) is 0 Å². The highest BCUT2D eigenvalue weighted by Crippen LogP contribution is 2.31. The van der Waals surface area contributed by atoms with E-state index in [9.17, 15) is 13.2 Å². The highest BCUT2D eigenvalue weighted by molar-refractivity contribution is 7.91. The average Bonchev–Trinajstić information content (AvgIpc) is 3.05. The summed E-state index contributed by atoms with van der Waals surface area (Å²) < 4.78 is 31.0. The number of amides is 1. The van der Waals surface area contributed by atoms with Crippen LogP contribution in [0.25, 0.3) is 0 Å². The predicted octanol–water partition coefficient (Wildman–Crippen LogP) is 2.98. The monoisotopic (exact) mass is 388 g/mol. The van der Waals surface area contributed by atoms with Crippen molar-refractivity contribution in [2.45, 2.75) is 11.1 Å². The predicted molar refractivity (Wildman–Crippen MR) is 95.5 cm³/mol. The molecule has 24 heavy (non-hydrogen) atoms. The molecular formula is C15H17ClN2O4S2. The SMILES string of the molecule is COc1cc(Cl)c(C)cc1NC(=O)CN(C)S(=O)(=O)c1cccs1. The molecule has 0 atom stereocenters. The highest BCUT2D eigenvalue weighted by atomic mass is 35.5. The number of thiophene rings is 1. The number of benzene rings is 1. The van der Waals surface area contributed by atoms with Gasteiger partial charge in [-0.25, -0.2) is 8.42 Å². The standard InChI is InChI=1S/C15H17ClN2O4S2/c1-10-7-12(13(22-3)8-11(10)16)17-14(19)9-18(2)24(20,21)15-5-4-6-23-15/h4-8H,9H2,1-3H3,(H,17,19). The number of methoxy groups -OCH3 is 1. The Morgan fingerprint density at radius 2 is 2.12 bits per heavy atom. The van der Waals surface area contributed by atoms with Crippen LogP contribution in [0.15, 0.2) is 33.9 Å². The highest BCUT2D eigenvalue weighted by Gasteiger charge is 2.24. The van der Waals surface area contributed by atoms with Crippen LogP contribution < -0.4 is 10.1 Å². The molecule has 1 aromatic heterocycles. The number of nitrogens with one attached hydrogen (secondary N) is 1. The molecule has 0 spiro atoms. The Morgan fingerprint density at radius 1 is 1.42 bits per heavy atom. The Morgan fingerprint density at radius 3 is 2.71 bits per heavy atom. The van der Waals surface area contributed by atoms with Crippen LogP contribution >= 0.6 is 22.9 Å². The molecule has 6 nitrogen and oxygen atoms in total. The second-order valence-electron chi connectivity index (χ2n) is 5.04. The fraction of sp³-hybridized carbons (Fsp3) is 0.267. The summed E-state index contributed by atoms with van der Waals surface area (Å²) in [5, 5.41) is 4.84. The minimum atomic E-state index is -3.67. The number of halogens is 1. The van der Waals surface area contributed by atoms with Gasteiger partial charge < -0.3 is 10.1 Å². The zero-order valence-corrected chi connectivity index (χ0v) is 15.8. The first-order valence-corrected chi connectivity index (χ1v) is 9.59. The summed E-state index contributed by atoms with van der Waals surface area (Å²) in [6.45, 7) is 1.48. The van der Waals surface area contributed by atoms with E-state index in [1.54, 1.807) is 30.5 Å². The number of hydrogen-bond acceptors (Lipinski definition) is 5. The molecule has 0 aliphatic rings. The Labute approximate surface area is 150 Å². The van der Waals surface area contributed by atoms with Gasteiger partial charge in [-0.15, -0.1) is 11.3 Å². The molecule has 2 aromatic rings. The molecule has 0 saturated carbocycles. The number of anilines is 1. The number of sulfonamides is 1. The van der Waals surface area contributed by atoms with Crippen molar-refractivity contribution in [1.29, 1.82) is 0 Å². The average molecular weight is 389 g/mol. The zero-order chi connectivity index (χ0) is 17.9. The van der Waals surface area contributed by atoms with Crippen molar-refractivity contribution in [3.63, 3.8) is 0 Å². The molecule has 1 heterocycles. The third kappa shape index (κ3) is 4.07. The minimum absolute atomic E-state index is 0.192. The molecule has 0 saturated heterocycles. The van der Waals surface area contributed by atoms with Crippen molar-refractivity contribution in [1.82, 2.24) is 4.31 Å². The van der Waals surface area contributed by atoms with Crippen molar-refractivity contribution >= 4 is 44.6 Å². The van der Waals surface area contributed by atoms with E-state index in [2.05, 4.69) is 5.32 Å². The number of ether oxygens (including phenoxy) is 1. The summed E-state index contributed by atoms with van der Waals surface area (Å²) in [6.07, 6.45) is 0. The van der Waals surface area contributed by atoms with Gasteiger partial charge in [0.2, 0.25) is 5.91 Å². The van der Waals surface area contributed by atoms with Crippen LogP contribution in [0, 0.1) is 6.92 Å². The molecule has 130 valence electrons. The van der Waals surface area contributed by atoms with Gasteiger partial charge in [0, 0.05) is 18.1 Å². The Balaban J connectivity index is 2.13. The zero-order valence-electron chi connectivity index (χ0n) is 13.4. The first kappa shape index (κ1) is 18.7. The normalized spacial score (nSPS) is 11.5. The molecule has 0 bridgehead atoms. The van der Waals surface area contributed by atoms with Crippen LogP contribution in [0.5, 0.6) is 5.75 Å². The van der Waals surface area contributed by atoms with Crippen molar-refractivity contribution in [3.8, 4) is 5.75 Å². The maximum atomic E-state index is 12.3. The molecule has 0 aliphatic carbocycles. The third-order valence-corrected chi connectivity index (χ3v) is 6.86. The maximum absolute atomic E-state index is 12.3. The Bertz CT molecular complexity index is 835. The lowest BCUT2D eigenvalue weighted by Gasteiger charge is -2.17. The van der Waals surface area contributed by atoms with E-state index in [0.29, 0.717) is 16.5 Å². The van der Waals surface area contributed by atoms with Crippen molar-refractivity contribution in [2.75, 3.05) is 26.0 Å². The number of likely N-dealkylation sites (N-methyl/N-ethyl adjacent to an activating group) is 1. The fourth-order valence-corrected chi connectivity index (χ4v) is 4.45. The summed E-state index contributed by atoms with van der Waals surface area (Å²) >= 11 is 7.13. The second-order valence-corrected chi connectivity index (χ2v) is 8.67. The number of aryl methyl sites for hydroxylation is 1. The van der Waals surface area contributed by atoms with Gasteiger partial charge in [-0.1, -0.05) is 17.7 Å². The maximum Gasteiger partial charge on any atom is 0.252 e. The van der Waals surface area contributed by atoms with Crippen molar-refractivity contribution in [3.05, 3.63) is 40.2 Å². The molecule has 1 amide bonds. The fourth-order valence-electron chi connectivity index (χ4n) is 1.97. The lowest BCUT2D eigenvalue weighted by molar-refractivity contribution is -0.116. The first-order valence-electron chi connectivity index (χ1n) is 6.89. The summed E-state index contributed by atoms with van der Waals surface area (Å²) in [5.41, 5.74) is 1.21. The summed E-state index contributed by atoms with van der Waals surface area (Å²) in [5.74, 6) is -0.0691. The van der Waals surface area contributed by atoms with E-state index in [1.165, 1.54) is 20.2 Å². The van der Waals surface area contributed by atoms with Gasteiger partial charge in [0.25, 0.3) is 10.0 Å². The molecule has 2 rings (SSSR count). The van der Waals surface area contributed by atoms with Gasteiger partial charge in [-0.3, -0.25) is 4.79 Å². The molecular weight excluding hydrogens is 372 g/mol. The van der Waals surface area contributed by atoms with Gasteiger partial charge >= 0.3 is 0 Å². The number of carbonyl (C=O) groups is 1. The molecule has 0 fully saturated rings. The molecule has 0 radical (unpaired) electrons. The van der Waals surface area contributed by atoms with E-state index in [4.69, 9.17) is 16.3 Å². The van der Waals surface area contributed by atoms with Gasteiger partial charge in [-0.05, 0) is 30.0 Å². The van der Waals surface area contributed by atoms with Gasteiger partial charge in [-0.2, -0.15) is 4.31 Å². The van der Waals surface area contributed by atoms with Crippen molar-refractivity contribution in [2.24, 2.45) is 0 Å². The first-order chi connectivity index (χ1) is 11.3. The van der Waals surface area contributed by atoms with E-state index in [1.807, 2.05) is 0 Å². The van der Waals surface area contributed by atoms with Crippen LogP contribution in [0.1, 0.15) is 5.56 Å². The summed E-state index contributed by atoms with van der Waals surface area (Å²) in [6, 6.07) is 6.41. The lowest BCUT2D eigenvalue weighted by atomic mass is 10.2. The number of rotatable bonds is 6. The van der Waals surface area contributed by atoms with Crippen LogP contribution in [0.4, 0.5) is 5.69 Å². The van der Waals surface area contributed by atoms with Crippen LogP contribution in [-0.2, 0) is 14.8 Å². The third-order valence-electron chi connectivity index (χ3n) is 3.28. The Hall–Kier alpha value is -1.61. The number of hydrogen-bond donors (Lipinski definition) is 1. The molecule has 9 heteroatoms. The van der Waals surface area contributed by atoms with Crippen LogP contribution in [-0.4, -0.2) is 39.3 Å². The van der Waals surface area contributed by atoms with E-state index in [0.717, 1.165) is 21.2 Å². The topological polar surface area (TPSA) is 75.7 Å². The molecule has 0 aliphatic heterocycles. The van der Waals surface area contributed by atoms with E-state index >= 15 is 0 Å². The number of nitrogens with zero attached hydrogens (tertiary/aromatic N) is 1. The lowest BCUT2D eigenvalue weighted by Crippen LogP contribution is -2.34. The van der Waals surface area contributed by atoms with E-state index in [-0.39, 0.29) is 10.8 Å². The van der Waals surface area contributed by atoms with Crippen LogP contribution in [0.2, 0.25) is 5.02 Å². The second kappa shape index (κ2) is 7.52. The molecule has 1 aromatic carbocycles. The summed E-state index contributed by atoms with van der Waals surface area (Å²) in [4.78, 5) is 12.2. The smallest absolute Gasteiger partial charge is 0.252 e. The largest absolute Gasteiger partial charge is 0.495 e. The molecule has 1 N–H and O–H groups in total. The minimum Gasteiger partial charge on any atom is -0.495 e. The van der Waals surface area contributed by atoms with Crippen molar-refractivity contribution < 1.29 is 17.9 Å². The van der Waals surface area contributed by atoms with Gasteiger partial charge in [0.05, 0.1) is 19.3 Å². The Kier molecular flexibility index (Phi) is 5.87. The quantitative estimate of drug-likeness (QED) is 0.825. The summed E-state index contributed by atoms with van der Waals surface area (Å²) in [7, 11) is -0.852.